The Morgan fingerprint density at radius 1 is 0.955 bits per heavy atom. The summed E-state index contributed by atoms with van der Waals surface area (Å²) in [5.74, 6) is 0. The Morgan fingerprint density at radius 2 is 1.68 bits per heavy atom. The van der Waals surface area contributed by atoms with Crippen molar-refractivity contribution in [2.75, 3.05) is 0 Å². The van der Waals surface area contributed by atoms with E-state index in [9.17, 15) is 0 Å². The van der Waals surface area contributed by atoms with Crippen LogP contribution in [0.5, 0.6) is 0 Å². The van der Waals surface area contributed by atoms with Crippen molar-refractivity contribution in [2.24, 2.45) is 7.05 Å². The Labute approximate surface area is 137 Å². The summed E-state index contributed by atoms with van der Waals surface area (Å²) in [7, 11) is 2.01. The van der Waals surface area contributed by atoms with Crippen LogP contribution in [0.2, 0.25) is 0 Å². The fraction of sp³-hybridized carbons (Fsp3) is 0.190. The highest BCUT2D eigenvalue weighted by Gasteiger charge is 2.17. The molecular weight excluding hydrogens is 266 g/mol. The first-order valence-corrected chi connectivity index (χ1v) is 7.49. The third-order valence-corrected chi connectivity index (χ3v) is 4.06. The molecule has 0 saturated carbocycles. The fourth-order valence-electron chi connectivity index (χ4n) is 2.84. The van der Waals surface area contributed by atoms with Crippen molar-refractivity contribution in [3.8, 4) is 22.4 Å². The molecule has 0 radical (unpaired) electrons. The van der Waals surface area contributed by atoms with Crippen molar-refractivity contribution in [3.05, 3.63) is 78.0 Å². The number of hydrogen-bond donors (Lipinski definition) is 0. The zero-order valence-corrected chi connectivity index (χ0v) is 13.0. The van der Waals surface area contributed by atoms with Crippen LogP contribution in [0.4, 0.5) is 0 Å². The van der Waals surface area contributed by atoms with Gasteiger partial charge in [0, 0.05) is 21.3 Å². The van der Waals surface area contributed by atoms with Crippen molar-refractivity contribution in [1.82, 2.24) is 0 Å². The minimum atomic E-state index is -2.01. The van der Waals surface area contributed by atoms with E-state index in [0.717, 1.165) is 27.9 Å². The molecule has 3 aromatic rings. The average Bonchev–Trinajstić information content (AvgIpc) is 2.56. The van der Waals surface area contributed by atoms with E-state index in [1.807, 2.05) is 61.8 Å². The molecule has 0 aliphatic heterocycles. The molecule has 0 unspecified atom stereocenters. The van der Waals surface area contributed by atoms with Crippen molar-refractivity contribution >= 4 is 0 Å². The average molecular weight is 291 g/mol. The normalized spacial score (nSPS) is 13.3. The highest BCUT2D eigenvalue weighted by molar-refractivity contribution is 5.69. The first kappa shape index (κ1) is 11.2. The van der Waals surface area contributed by atoms with E-state index < -0.39 is 6.85 Å². The van der Waals surface area contributed by atoms with Gasteiger partial charge in [0.2, 0.25) is 5.69 Å². The third-order valence-electron chi connectivity index (χ3n) is 4.06. The van der Waals surface area contributed by atoms with Gasteiger partial charge in [0.25, 0.3) is 0 Å². The molecule has 0 atom stereocenters. The Morgan fingerprint density at radius 3 is 2.41 bits per heavy atom. The molecule has 2 aromatic carbocycles. The number of benzene rings is 2. The molecule has 0 aliphatic rings. The maximum absolute atomic E-state index is 7.73. The van der Waals surface area contributed by atoms with Crippen molar-refractivity contribution in [2.45, 2.75) is 20.2 Å². The van der Waals surface area contributed by atoms with Gasteiger partial charge in [-0.15, -0.1) is 0 Å². The monoisotopic (exact) mass is 291 g/mol. The third kappa shape index (κ3) is 2.67. The van der Waals surface area contributed by atoms with E-state index in [2.05, 4.69) is 23.6 Å². The lowest BCUT2D eigenvalue weighted by Gasteiger charge is -2.10. The second kappa shape index (κ2) is 6.15. The molecule has 1 heteroatoms. The molecule has 22 heavy (non-hydrogen) atoms. The highest BCUT2D eigenvalue weighted by Crippen LogP contribution is 2.27. The second-order valence-electron chi connectivity index (χ2n) is 5.57. The number of aryl methyl sites for hydroxylation is 3. The van der Waals surface area contributed by atoms with Crippen LogP contribution in [0.15, 0.2) is 66.9 Å². The summed E-state index contributed by atoms with van der Waals surface area (Å²) < 4.78 is 25.3. The second-order valence-corrected chi connectivity index (χ2v) is 5.57. The van der Waals surface area contributed by atoms with Crippen LogP contribution < -0.4 is 4.57 Å². The first-order chi connectivity index (χ1) is 11.8. The van der Waals surface area contributed by atoms with E-state index in [1.54, 1.807) is 0 Å². The molecular formula is C21H22N+. The van der Waals surface area contributed by atoms with Gasteiger partial charge in [-0.2, -0.15) is 0 Å². The lowest BCUT2D eigenvalue weighted by molar-refractivity contribution is -0.660. The van der Waals surface area contributed by atoms with Crippen molar-refractivity contribution in [3.63, 3.8) is 0 Å². The minimum absolute atomic E-state index is 0.0525. The van der Waals surface area contributed by atoms with Crippen molar-refractivity contribution < 1.29 is 8.68 Å². The number of pyridine rings is 1. The predicted octanol–water partition coefficient (Wildman–Crippen LogP) is 4.72. The van der Waals surface area contributed by atoms with Gasteiger partial charge >= 0.3 is 0 Å². The Balaban J connectivity index is 2.21. The highest BCUT2D eigenvalue weighted by atomic mass is 14.9. The maximum atomic E-state index is 7.73. The van der Waals surface area contributed by atoms with E-state index >= 15 is 0 Å². The lowest BCUT2D eigenvalue weighted by atomic mass is 9.96. The van der Waals surface area contributed by atoms with E-state index in [4.69, 9.17) is 4.11 Å². The Hall–Kier alpha value is -2.41. The van der Waals surface area contributed by atoms with Gasteiger partial charge in [-0.1, -0.05) is 55.4 Å². The van der Waals surface area contributed by atoms with E-state index in [-0.39, 0.29) is 6.42 Å². The summed E-state index contributed by atoms with van der Waals surface area (Å²) in [4.78, 5) is 0. The van der Waals surface area contributed by atoms with Gasteiger partial charge in [0.15, 0.2) is 6.20 Å². The summed E-state index contributed by atoms with van der Waals surface area (Å²) in [6, 6.07) is 20.2. The fourth-order valence-corrected chi connectivity index (χ4v) is 2.84. The van der Waals surface area contributed by atoms with E-state index in [1.165, 1.54) is 5.56 Å². The van der Waals surface area contributed by atoms with Crippen LogP contribution >= 0.6 is 0 Å². The number of nitrogens with zero attached hydrogens (tertiary/aromatic N) is 1. The summed E-state index contributed by atoms with van der Waals surface area (Å²) >= 11 is 0. The smallest absolute Gasteiger partial charge is 0.200 e. The van der Waals surface area contributed by atoms with Crippen LogP contribution in [-0.2, 0) is 13.5 Å². The zero-order chi connectivity index (χ0) is 18.0. The molecule has 110 valence electrons. The molecule has 1 nitrogen and oxygen atoms in total. The number of rotatable bonds is 3. The lowest BCUT2D eigenvalue weighted by Crippen LogP contribution is -2.31. The summed E-state index contributed by atoms with van der Waals surface area (Å²) in [6.45, 7) is 0.0658. The summed E-state index contributed by atoms with van der Waals surface area (Å²) in [5, 5.41) is 0. The van der Waals surface area contributed by atoms with Gasteiger partial charge in [-0.3, -0.25) is 0 Å². The van der Waals surface area contributed by atoms with Gasteiger partial charge in [0.05, 0.1) is 0 Å². The summed E-state index contributed by atoms with van der Waals surface area (Å²) in [5.41, 5.74) is 6.17. The molecule has 1 heterocycles. The maximum Gasteiger partial charge on any atom is 0.212 e. The van der Waals surface area contributed by atoms with Crippen LogP contribution in [-0.4, -0.2) is 0 Å². The molecule has 0 aliphatic carbocycles. The molecule has 0 spiro atoms. The molecule has 0 amide bonds. The number of hydrogen-bond acceptors (Lipinski definition) is 0. The molecule has 0 saturated heterocycles. The quantitative estimate of drug-likeness (QED) is 0.615. The molecule has 3 rings (SSSR count). The molecule has 0 bridgehead atoms. The molecule has 0 N–H and O–H groups in total. The first-order valence-electron chi connectivity index (χ1n) is 8.99. The molecule has 0 fully saturated rings. The van der Waals surface area contributed by atoms with Gasteiger partial charge in [-0.25, -0.2) is 4.57 Å². The zero-order valence-electron chi connectivity index (χ0n) is 16.0. The Bertz CT molecular complexity index is 883. The topological polar surface area (TPSA) is 3.88 Å². The standard InChI is InChI=1S/C21H22N/c1-4-17-14-21(19-13-9-8-10-16(19)2)22(3)15-20(17)18-11-6-5-7-12-18/h5-15H,4H2,1-3H3/q+1/i1D3. The van der Waals surface area contributed by atoms with Gasteiger partial charge in [0.1, 0.15) is 7.05 Å². The molecule has 1 aromatic heterocycles. The van der Waals surface area contributed by atoms with Crippen LogP contribution in [0, 0.1) is 6.92 Å². The Kier molecular flexibility index (Phi) is 3.13. The number of aromatic nitrogens is 1. The largest absolute Gasteiger partial charge is 0.212 e. The van der Waals surface area contributed by atoms with Crippen LogP contribution in [0.1, 0.15) is 22.1 Å². The summed E-state index contributed by atoms with van der Waals surface area (Å²) in [6.07, 6.45) is 2.09. The van der Waals surface area contributed by atoms with Gasteiger partial charge < -0.3 is 0 Å². The minimum Gasteiger partial charge on any atom is -0.200 e. The van der Waals surface area contributed by atoms with Crippen LogP contribution in [0.3, 0.4) is 0 Å². The SMILES string of the molecule is [2H]C([2H])([2H])Cc1cc(-c2ccccc2C)[n+](C)cc1-c1ccccc1. The van der Waals surface area contributed by atoms with Crippen molar-refractivity contribution in [1.29, 1.82) is 0 Å². The predicted molar refractivity (Wildman–Crippen MR) is 92.6 cm³/mol. The van der Waals surface area contributed by atoms with Gasteiger partial charge in [-0.05, 0) is 36.1 Å². The van der Waals surface area contributed by atoms with Crippen LogP contribution in [0.25, 0.3) is 22.4 Å². The van der Waals surface area contributed by atoms with E-state index in [0.29, 0.717) is 0 Å².